The Morgan fingerprint density at radius 1 is 1.06 bits per heavy atom. The fourth-order valence-electron chi connectivity index (χ4n) is 3.33. The molecule has 3 aromatic carbocycles. The number of carbonyl (C=O) groups excluding carboxylic acids is 1. The zero-order chi connectivity index (χ0) is 22.3. The Bertz CT molecular complexity index is 1430. The molecule has 0 saturated heterocycles. The van der Waals surface area contributed by atoms with E-state index >= 15 is 0 Å². The van der Waals surface area contributed by atoms with Gasteiger partial charge in [-0.05, 0) is 35.9 Å². The first-order chi connectivity index (χ1) is 14.7. The number of fused-ring (bicyclic) bond motifs is 1. The number of aromatic hydroxyl groups is 1. The van der Waals surface area contributed by atoms with E-state index < -0.39 is 21.7 Å². The molecule has 4 aromatic rings. The van der Waals surface area contributed by atoms with Crippen LogP contribution in [0.5, 0.6) is 5.75 Å². The van der Waals surface area contributed by atoms with Crippen LogP contribution >= 0.6 is 27.5 Å². The molecule has 1 N–H and O–H groups in total. The van der Waals surface area contributed by atoms with E-state index in [4.69, 9.17) is 16.3 Å². The average molecular weight is 521 g/mol. The molecule has 9 heteroatoms. The summed E-state index contributed by atoms with van der Waals surface area (Å²) in [5, 5.41) is 10.9. The summed E-state index contributed by atoms with van der Waals surface area (Å²) in [6.07, 6.45) is 0. The lowest BCUT2D eigenvalue weighted by atomic mass is 10.1. The van der Waals surface area contributed by atoms with Crippen LogP contribution in [0.15, 0.2) is 76.1 Å². The van der Waals surface area contributed by atoms with Gasteiger partial charge < -0.3 is 9.84 Å². The van der Waals surface area contributed by atoms with Crippen LogP contribution in [0, 0.1) is 0 Å². The number of hydrogen-bond acceptors (Lipinski definition) is 5. The van der Waals surface area contributed by atoms with Gasteiger partial charge in [-0.2, -0.15) is 0 Å². The lowest BCUT2D eigenvalue weighted by Gasteiger charge is -2.14. The standard InChI is InChI=1S/C22H15BrClNO5S/c1-30-22(27)15-8-7-14-9-18(13-5-3-2-4-6-13)25(19(14)10-15)31(28,29)20-12-16(23)11-17(24)21(20)26/h2-12,26H,1H3. The van der Waals surface area contributed by atoms with Gasteiger partial charge in [0, 0.05) is 9.86 Å². The molecule has 0 fully saturated rings. The summed E-state index contributed by atoms with van der Waals surface area (Å²) in [6, 6.07) is 18.0. The summed E-state index contributed by atoms with van der Waals surface area (Å²) in [6.45, 7) is 0. The summed E-state index contributed by atoms with van der Waals surface area (Å²) in [7, 11) is -3.08. The second kappa shape index (κ2) is 8.03. The summed E-state index contributed by atoms with van der Waals surface area (Å²) >= 11 is 9.26. The monoisotopic (exact) mass is 519 g/mol. The maximum absolute atomic E-state index is 13.8. The van der Waals surface area contributed by atoms with Crippen molar-refractivity contribution in [1.82, 2.24) is 3.97 Å². The van der Waals surface area contributed by atoms with Gasteiger partial charge in [0.25, 0.3) is 10.0 Å². The molecule has 0 bridgehead atoms. The highest BCUT2D eigenvalue weighted by molar-refractivity contribution is 9.10. The Morgan fingerprint density at radius 3 is 2.45 bits per heavy atom. The van der Waals surface area contributed by atoms with Crippen LogP contribution in [0.4, 0.5) is 0 Å². The molecule has 0 aliphatic rings. The highest BCUT2D eigenvalue weighted by atomic mass is 79.9. The van der Waals surface area contributed by atoms with E-state index in [1.54, 1.807) is 42.5 Å². The number of rotatable bonds is 4. The number of esters is 1. The third-order valence-corrected chi connectivity index (χ3v) is 7.25. The summed E-state index contributed by atoms with van der Waals surface area (Å²) in [5.74, 6) is -1.16. The van der Waals surface area contributed by atoms with E-state index in [-0.39, 0.29) is 21.0 Å². The number of methoxy groups -OCH3 is 1. The molecule has 0 radical (unpaired) electrons. The van der Waals surface area contributed by atoms with Gasteiger partial charge in [0.05, 0.1) is 28.9 Å². The summed E-state index contributed by atoms with van der Waals surface area (Å²) in [5.41, 5.74) is 1.47. The van der Waals surface area contributed by atoms with Crippen molar-refractivity contribution < 1.29 is 23.1 Å². The van der Waals surface area contributed by atoms with Gasteiger partial charge >= 0.3 is 5.97 Å². The fourth-order valence-corrected chi connectivity index (χ4v) is 6.01. The number of phenolic OH excluding ortho intramolecular Hbond substituents is 1. The lowest BCUT2D eigenvalue weighted by Crippen LogP contribution is -2.15. The van der Waals surface area contributed by atoms with Crippen molar-refractivity contribution in [2.24, 2.45) is 0 Å². The minimum atomic E-state index is -4.33. The van der Waals surface area contributed by atoms with Crippen LogP contribution in [0.1, 0.15) is 10.4 Å². The summed E-state index contributed by atoms with van der Waals surface area (Å²) in [4.78, 5) is 11.7. The Kier molecular flexibility index (Phi) is 5.55. The van der Waals surface area contributed by atoms with Crippen molar-refractivity contribution in [2.75, 3.05) is 7.11 Å². The van der Waals surface area contributed by atoms with Gasteiger partial charge in [-0.25, -0.2) is 17.2 Å². The largest absolute Gasteiger partial charge is 0.505 e. The van der Waals surface area contributed by atoms with Crippen molar-refractivity contribution in [3.8, 4) is 17.0 Å². The molecule has 0 aliphatic carbocycles. The molecule has 4 rings (SSSR count). The maximum Gasteiger partial charge on any atom is 0.337 e. The van der Waals surface area contributed by atoms with E-state index in [0.29, 0.717) is 21.1 Å². The number of halogens is 2. The van der Waals surface area contributed by atoms with Crippen LogP contribution < -0.4 is 0 Å². The summed E-state index contributed by atoms with van der Waals surface area (Å²) < 4.78 is 33.8. The highest BCUT2D eigenvalue weighted by Crippen LogP contribution is 2.39. The van der Waals surface area contributed by atoms with Gasteiger partial charge in [0.15, 0.2) is 5.75 Å². The molecule has 1 aromatic heterocycles. The molecule has 0 atom stereocenters. The van der Waals surface area contributed by atoms with E-state index in [1.165, 1.54) is 25.3 Å². The lowest BCUT2D eigenvalue weighted by molar-refractivity contribution is 0.0601. The zero-order valence-electron chi connectivity index (χ0n) is 16.0. The number of carbonyl (C=O) groups is 1. The van der Waals surface area contributed by atoms with Crippen molar-refractivity contribution >= 4 is 54.4 Å². The molecule has 0 unspecified atom stereocenters. The third-order valence-electron chi connectivity index (χ3n) is 4.76. The quantitative estimate of drug-likeness (QED) is 0.362. The second-order valence-electron chi connectivity index (χ2n) is 6.66. The van der Waals surface area contributed by atoms with Gasteiger partial charge in [0.1, 0.15) is 4.90 Å². The Labute approximate surface area is 191 Å². The van der Waals surface area contributed by atoms with Crippen molar-refractivity contribution in [2.45, 2.75) is 4.90 Å². The molecule has 31 heavy (non-hydrogen) atoms. The minimum Gasteiger partial charge on any atom is -0.505 e. The molecular formula is C22H15BrClNO5S. The van der Waals surface area contributed by atoms with E-state index in [0.717, 1.165) is 3.97 Å². The van der Waals surface area contributed by atoms with Crippen molar-refractivity contribution in [3.05, 3.63) is 81.8 Å². The SMILES string of the molecule is COC(=O)c1ccc2cc(-c3ccccc3)n(S(=O)(=O)c3cc(Br)cc(Cl)c3O)c2c1. The number of nitrogens with zero attached hydrogens (tertiary/aromatic N) is 1. The van der Waals surface area contributed by atoms with E-state index in [2.05, 4.69) is 15.9 Å². The molecule has 6 nitrogen and oxygen atoms in total. The molecule has 0 amide bonds. The Hall–Kier alpha value is -2.81. The van der Waals surface area contributed by atoms with Crippen LogP contribution in [0.3, 0.4) is 0 Å². The number of hydrogen-bond donors (Lipinski definition) is 1. The molecule has 0 saturated carbocycles. The van der Waals surface area contributed by atoms with Gasteiger partial charge in [0.2, 0.25) is 0 Å². The predicted octanol–water partition coefficient (Wildman–Crippen LogP) is 5.45. The number of phenols is 1. The van der Waals surface area contributed by atoms with E-state index in [9.17, 15) is 18.3 Å². The Balaban J connectivity index is 2.11. The smallest absolute Gasteiger partial charge is 0.337 e. The molecule has 0 spiro atoms. The second-order valence-corrected chi connectivity index (χ2v) is 9.74. The normalized spacial score (nSPS) is 11.6. The first-order valence-electron chi connectivity index (χ1n) is 8.97. The van der Waals surface area contributed by atoms with Gasteiger partial charge in [-0.3, -0.25) is 0 Å². The molecule has 158 valence electrons. The number of benzene rings is 3. The van der Waals surface area contributed by atoms with Gasteiger partial charge in [-0.1, -0.05) is 63.9 Å². The zero-order valence-corrected chi connectivity index (χ0v) is 19.2. The molecule has 0 aliphatic heterocycles. The highest BCUT2D eigenvalue weighted by Gasteiger charge is 2.28. The topological polar surface area (TPSA) is 85.6 Å². The average Bonchev–Trinajstić information content (AvgIpc) is 3.15. The first kappa shape index (κ1) is 21.4. The van der Waals surface area contributed by atoms with Crippen molar-refractivity contribution in [3.63, 3.8) is 0 Å². The molecular weight excluding hydrogens is 506 g/mol. The van der Waals surface area contributed by atoms with Gasteiger partial charge in [-0.15, -0.1) is 0 Å². The van der Waals surface area contributed by atoms with Crippen LogP contribution in [0.25, 0.3) is 22.2 Å². The Morgan fingerprint density at radius 2 is 1.77 bits per heavy atom. The first-order valence-corrected chi connectivity index (χ1v) is 11.6. The van der Waals surface area contributed by atoms with Crippen LogP contribution in [0.2, 0.25) is 5.02 Å². The molecule has 1 heterocycles. The number of ether oxygens (including phenoxy) is 1. The van der Waals surface area contributed by atoms with Crippen molar-refractivity contribution in [1.29, 1.82) is 0 Å². The fraction of sp³-hybridized carbons (Fsp3) is 0.0455. The third kappa shape index (κ3) is 3.71. The van der Waals surface area contributed by atoms with Crippen LogP contribution in [-0.4, -0.2) is 30.6 Å². The van der Waals surface area contributed by atoms with Crippen LogP contribution in [-0.2, 0) is 14.8 Å². The minimum absolute atomic E-state index is 0.110. The van der Waals surface area contributed by atoms with E-state index in [1.807, 2.05) is 6.07 Å². The predicted molar refractivity (Wildman–Crippen MR) is 122 cm³/mol. The maximum atomic E-state index is 13.8. The number of aromatic nitrogens is 1.